The van der Waals surface area contributed by atoms with Crippen LogP contribution in [0.4, 0.5) is 5.69 Å². The SMILES string of the molecule is Cc1ccc(C(=O)N2CC[C@]3(C2)NCc2ccccc2NC3=NC(C)(C)C)cn1. The van der Waals surface area contributed by atoms with Crippen LogP contribution in [0, 0.1) is 6.92 Å². The minimum Gasteiger partial charge on any atom is -0.342 e. The van der Waals surface area contributed by atoms with Gasteiger partial charge in [0.1, 0.15) is 5.84 Å². The molecule has 3 heterocycles. The number of rotatable bonds is 1. The molecule has 4 rings (SSSR count). The zero-order valence-electron chi connectivity index (χ0n) is 17.6. The van der Waals surface area contributed by atoms with Gasteiger partial charge in [0.2, 0.25) is 0 Å². The number of aliphatic imine (C=N–C) groups is 1. The van der Waals surface area contributed by atoms with Crippen LogP contribution in [0.5, 0.6) is 0 Å². The number of para-hydroxylation sites is 1. The first-order chi connectivity index (χ1) is 13.8. The lowest BCUT2D eigenvalue weighted by molar-refractivity contribution is 0.0785. The number of carbonyl (C=O) groups excluding carboxylic acids is 1. The van der Waals surface area contributed by atoms with Crippen molar-refractivity contribution in [2.45, 2.75) is 51.7 Å². The lowest BCUT2D eigenvalue weighted by Gasteiger charge is -2.32. The van der Waals surface area contributed by atoms with Crippen molar-refractivity contribution in [3.05, 3.63) is 59.4 Å². The molecule has 0 bridgehead atoms. The summed E-state index contributed by atoms with van der Waals surface area (Å²) in [5.74, 6) is 0.931. The molecular weight excluding hydrogens is 362 g/mol. The molecule has 152 valence electrons. The fourth-order valence-electron chi connectivity index (χ4n) is 3.96. The number of aryl methyl sites for hydroxylation is 1. The van der Waals surface area contributed by atoms with Crippen LogP contribution in [0.25, 0.3) is 0 Å². The van der Waals surface area contributed by atoms with E-state index >= 15 is 0 Å². The van der Waals surface area contributed by atoms with Crippen molar-refractivity contribution in [2.24, 2.45) is 4.99 Å². The van der Waals surface area contributed by atoms with Gasteiger partial charge in [0.05, 0.1) is 16.6 Å². The summed E-state index contributed by atoms with van der Waals surface area (Å²) in [6.07, 6.45) is 2.48. The van der Waals surface area contributed by atoms with E-state index in [2.05, 4.69) is 54.6 Å². The van der Waals surface area contributed by atoms with Gasteiger partial charge >= 0.3 is 0 Å². The summed E-state index contributed by atoms with van der Waals surface area (Å²) >= 11 is 0. The molecule has 1 aromatic heterocycles. The first-order valence-corrected chi connectivity index (χ1v) is 10.2. The van der Waals surface area contributed by atoms with Gasteiger partial charge in [0.25, 0.3) is 5.91 Å². The van der Waals surface area contributed by atoms with Crippen LogP contribution in [-0.2, 0) is 6.54 Å². The Hall–Kier alpha value is -2.73. The molecule has 0 radical (unpaired) electrons. The summed E-state index contributed by atoms with van der Waals surface area (Å²) in [6.45, 7) is 10.2. The molecule has 0 unspecified atom stereocenters. The van der Waals surface area contributed by atoms with Gasteiger partial charge in [0.15, 0.2) is 0 Å². The van der Waals surface area contributed by atoms with Crippen molar-refractivity contribution in [1.29, 1.82) is 0 Å². The number of hydrogen-bond acceptors (Lipinski definition) is 4. The van der Waals surface area contributed by atoms with E-state index in [1.807, 2.05) is 30.0 Å². The van der Waals surface area contributed by atoms with Gasteiger partial charge in [-0.1, -0.05) is 18.2 Å². The van der Waals surface area contributed by atoms with Crippen LogP contribution in [0.15, 0.2) is 47.6 Å². The second-order valence-electron chi connectivity index (χ2n) is 9.01. The van der Waals surface area contributed by atoms with Crippen molar-refractivity contribution in [2.75, 3.05) is 18.4 Å². The summed E-state index contributed by atoms with van der Waals surface area (Å²) in [5, 5.41) is 7.32. The number of anilines is 1. The number of carbonyl (C=O) groups is 1. The molecule has 2 aromatic rings. The number of aromatic nitrogens is 1. The van der Waals surface area contributed by atoms with Gasteiger partial charge in [-0.05, 0) is 57.9 Å². The number of benzene rings is 1. The van der Waals surface area contributed by atoms with Crippen LogP contribution in [-0.4, -0.2) is 45.8 Å². The Morgan fingerprint density at radius 1 is 1.21 bits per heavy atom. The minimum atomic E-state index is -0.389. The number of likely N-dealkylation sites (tertiary alicyclic amines) is 1. The van der Waals surface area contributed by atoms with Crippen molar-refractivity contribution < 1.29 is 4.79 Å². The van der Waals surface area contributed by atoms with Gasteiger partial charge < -0.3 is 10.2 Å². The topological polar surface area (TPSA) is 69.6 Å². The predicted octanol–water partition coefficient (Wildman–Crippen LogP) is 3.39. The summed E-state index contributed by atoms with van der Waals surface area (Å²) in [4.78, 5) is 24.3. The normalized spacial score (nSPS) is 23.0. The molecule has 1 atom stereocenters. The predicted molar refractivity (Wildman–Crippen MR) is 116 cm³/mol. The van der Waals surface area contributed by atoms with Crippen molar-refractivity contribution in [3.8, 4) is 0 Å². The Balaban J connectivity index is 1.65. The number of hydrogen-bond donors (Lipinski definition) is 2. The molecule has 1 fully saturated rings. The number of amides is 1. The first kappa shape index (κ1) is 19.6. The zero-order valence-corrected chi connectivity index (χ0v) is 17.6. The number of nitrogens with one attached hydrogen (secondary N) is 2. The zero-order chi connectivity index (χ0) is 20.6. The molecule has 6 nitrogen and oxygen atoms in total. The van der Waals surface area contributed by atoms with Crippen LogP contribution in [0.2, 0.25) is 0 Å². The standard InChI is InChI=1S/C23H29N5O/c1-16-9-10-18(13-24-16)20(29)28-12-11-23(15-28)21(27-22(2,3)4)26-19-8-6-5-7-17(19)14-25-23/h5-10,13,25H,11-12,14-15H2,1-4H3,(H,26,27)/t23-/m1/s1. The molecule has 1 amide bonds. The Bertz CT molecular complexity index is 944. The third-order valence-electron chi connectivity index (χ3n) is 5.50. The highest BCUT2D eigenvalue weighted by atomic mass is 16.2. The van der Waals surface area contributed by atoms with Crippen LogP contribution >= 0.6 is 0 Å². The molecule has 0 saturated carbocycles. The average Bonchev–Trinajstić information content (AvgIpc) is 3.05. The number of fused-ring (bicyclic) bond motifs is 1. The second-order valence-corrected chi connectivity index (χ2v) is 9.01. The number of pyridine rings is 1. The Morgan fingerprint density at radius 2 is 2.00 bits per heavy atom. The van der Waals surface area contributed by atoms with E-state index in [-0.39, 0.29) is 17.0 Å². The maximum Gasteiger partial charge on any atom is 0.255 e. The van der Waals surface area contributed by atoms with E-state index in [0.717, 1.165) is 30.2 Å². The van der Waals surface area contributed by atoms with E-state index in [1.165, 1.54) is 5.56 Å². The van der Waals surface area contributed by atoms with Crippen molar-refractivity contribution in [1.82, 2.24) is 15.2 Å². The Morgan fingerprint density at radius 3 is 2.72 bits per heavy atom. The highest BCUT2D eigenvalue weighted by molar-refractivity contribution is 6.05. The molecular formula is C23H29N5O. The number of nitrogens with zero attached hydrogens (tertiary/aromatic N) is 3. The Labute approximate surface area is 172 Å². The second kappa shape index (κ2) is 7.26. The van der Waals surface area contributed by atoms with Gasteiger partial charge in [-0.3, -0.25) is 20.1 Å². The summed E-state index contributed by atoms with van der Waals surface area (Å²) < 4.78 is 0. The van der Waals surface area contributed by atoms with Crippen molar-refractivity contribution in [3.63, 3.8) is 0 Å². The van der Waals surface area contributed by atoms with Crippen LogP contribution < -0.4 is 10.6 Å². The molecule has 0 aliphatic carbocycles. The van der Waals surface area contributed by atoms with E-state index in [9.17, 15) is 4.79 Å². The highest BCUT2D eigenvalue weighted by Gasteiger charge is 2.46. The number of amidine groups is 1. The molecule has 29 heavy (non-hydrogen) atoms. The van der Waals surface area contributed by atoms with Gasteiger partial charge in [-0.2, -0.15) is 0 Å². The van der Waals surface area contributed by atoms with Gasteiger partial charge in [0, 0.05) is 37.2 Å². The lowest BCUT2D eigenvalue weighted by Crippen LogP contribution is -2.56. The lowest BCUT2D eigenvalue weighted by atomic mass is 9.95. The minimum absolute atomic E-state index is 0.0213. The van der Waals surface area contributed by atoms with E-state index in [4.69, 9.17) is 4.99 Å². The average molecular weight is 392 g/mol. The molecule has 2 aliphatic rings. The smallest absolute Gasteiger partial charge is 0.255 e. The monoisotopic (exact) mass is 391 g/mol. The summed E-state index contributed by atoms with van der Waals surface area (Å²) in [5.41, 5.74) is 3.21. The molecule has 2 N–H and O–H groups in total. The summed E-state index contributed by atoms with van der Waals surface area (Å²) in [7, 11) is 0. The maximum atomic E-state index is 13.1. The third-order valence-corrected chi connectivity index (χ3v) is 5.50. The molecule has 1 saturated heterocycles. The van der Waals surface area contributed by atoms with E-state index < -0.39 is 0 Å². The third kappa shape index (κ3) is 4.03. The Kier molecular flexibility index (Phi) is 4.90. The quantitative estimate of drug-likeness (QED) is 0.782. The largest absolute Gasteiger partial charge is 0.342 e. The first-order valence-electron chi connectivity index (χ1n) is 10.2. The molecule has 2 aliphatic heterocycles. The molecule has 1 aromatic carbocycles. The van der Waals surface area contributed by atoms with Crippen molar-refractivity contribution >= 4 is 17.4 Å². The maximum absolute atomic E-state index is 13.1. The van der Waals surface area contributed by atoms with Gasteiger partial charge in [-0.15, -0.1) is 0 Å². The fraction of sp³-hybridized carbons (Fsp3) is 0.435. The molecule has 6 heteroatoms. The summed E-state index contributed by atoms with van der Waals surface area (Å²) in [6, 6.07) is 12.0. The van der Waals surface area contributed by atoms with Gasteiger partial charge in [-0.25, -0.2) is 0 Å². The highest BCUT2D eigenvalue weighted by Crippen LogP contribution is 2.31. The fourth-order valence-corrected chi connectivity index (χ4v) is 3.96. The van der Waals surface area contributed by atoms with Crippen LogP contribution in [0.3, 0.4) is 0 Å². The van der Waals surface area contributed by atoms with E-state index in [1.54, 1.807) is 6.20 Å². The van der Waals surface area contributed by atoms with E-state index in [0.29, 0.717) is 18.7 Å². The molecule has 1 spiro atoms. The van der Waals surface area contributed by atoms with Crippen LogP contribution in [0.1, 0.15) is 48.8 Å².